The van der Waals surface area contributed by atoms with Gasteiger partial charge in [-0.2, -0.15) is 0 Å². The normalized spacial score (nSPS) is 29.2. The SMILES string of the molecule is CCc1nccn1CCC(=O)NC[C@H]1[C@@H]2CNC[C@@H](C2)[C@@H]2CCCCN21.Cl.Cl. The van der Waals surface area contributed by atoms with Crippen molar-refractivity contribution in [1.29, 1.82) is 0 Å². The van der Waals surface area contributed by atoms with Crippen molar-refractivity contribution in [1.82, 2.24) is 25.1 Å². The van der Waals surface area contributed by atoms with E-state index in [0.717, 1.165) is 43.8 Å². The molecule has 6 nitrogen and oxygen atoms in total. The summed E-state index contributed by atoms with van der Waals surface area (Å²) in [4.78, 5) is 19.5. The minimum absolute atomic E-state index is 0. The fourth-order valence-corrected chi connectivity index (χ4v) is 5.44. The van der Waals surface area contributed by atoms with Gasteiger partial charge in [-0.05, 0) is 50.7 Å². The second-order valence-corrected chi connectivity index (χ2v) is 8.23. The van der Waals surface area contributed by atoms with Crippen molar-refractivity contribution < 1.29 is 4.79 Å². The topological polar surface area (TPSA) is 62.2 Å². The van der Waals surface area contributed by atoms with Crippen molar-refractivity contribution in [3.63, 3.8) is 0 Å². The van der Waals surface area contributed by atoms with Gasteiger partial charge in [-0.15, -0.1) is 24.8 Å². The first-order valence-corrected chi connectivity index (χ1v) is 10.5. The molecule has 1 amide bonds. The van der Waals surface area contributed by atoms with Gasteiger partial charge in [0.1, 0.15) is 5.82 Å². The molecular formula is C20H35Cl2N5O. The number of rotatable bonds is 6. The maximum Gasteiger partial charge on any atom is 0.221 e. The molecule has 0 unspecified atom stereocenters. The molecule has 2 bridgehead atoms. The first kappa shape index (κ1) is 23.5. The summed E-state index contributed by atoms with van der Waals surface area (Å²) < 4.78 is 2.09. The third-order valence-electron chi connectivity index (χ3n) is 6.73. The zero-order chi connectivity index (χ0) is 17.9. The van der Waals surface area contributed by atoms with E-state index in [4.69, 9.17) is 0 Å². The summed E-state index contributed by atoms with van der Waals surface area (Å²) in [7, 11) is 0. The molecule has 160 valence electrons. The Labute approximate surface area is 181 Å². The quantitative estimate of drug-likeness (QED) is 0.724. The highest BCUT2D eigenvalue weighted by Gasteiger charge is 2.45. The summed E-state index contributed by atoms with van der Waals surface area (Å²) in [5, 5.41) is 6.89. The number of nitrogens with one attached hydrogen (secondary N) is 2. The maximum atomic E-state index is 12.4. The van der Waals surface area contributed by atoms with Crippen LogP contribution in [0.25, 0.3) is 0 Å². The second-order valence-electron chi connectivity index (χ2n) is 8.23. The van der Waals surface area contributed by atoms with Crippen LogP contribution in [0.2, 0.25) is 0 Å². The Morgan fingerprint density at radius 2 is 2.11 bits per heavy atom. The average Bonchev–Trinajstić information content (AvgIpc) is 3.14. The number of aromatic nitrogens is 2. The van der Waals surface area contributed by atoms with Gasteiger partial charge in [0.15, 0.2) is 0 Å². The molecule has 0 saturated carbocycles. The number of nitrogens with zero attached hydrogens (tertiary/aromatic N) is 3. The highest BCUT2D eigenvalue weighted by Crippen LogP contribution is 2.38. The zero-order valence-electron chi connectivity index (χ0n) is 16.8. The highest BCUT2D eigenvalue weighted by molar-refractivity contribution is 5.85. The van der Waals surface area contributed by atoms with Gasteiger partial charge in [-0.25, -0.2) is 4.98 Å². The lowest BCUT2D eigenvalue weighted by Gasteiger charge is -2.55. The van der Waals surface area contributed by atoms with E-state index in [1.54, 1.807) is 0 Å². The number of halogens is 2. The van der Waals surface area contributed by atoms with Crippen molar-refractivity contribution in [3.8, 4) is 0 Å². The van der Waals surface area contributed by atoms with E-state index in [1.807, 2.05) is 12.4 Å². The molecule has 1 aromatic rings. The van der Waals surface area contributed by atoms with Crippen LogP contribution in [0.5, 0.6) is 0 Å². The predicted molar refractivity (Wildman–Crippen MR) is 116 cm³/mol. The first-order valence-electron chi connectivity index (χ1n) is 10.5. The molecule has 4 heterocycles. The summed E-state index contributed by atoms with van der Waals surface area (Å²) in [6.45, 7) is 7.13. The Balaban J connectivity index is 0.00000140. The average molecular weight is 432 g/mol. The van der Waals surface area contributed by atoms with Gasteiger partial charge in [0, 0.05) is 50.4 Å². The fraction of sp³-hybridized carbons (Fsp3) is 0.800. The van der Waals surface area contributed by atoms with Crippen LogP contribution in [0.15, 0.2) is 12.4 Å². The molecule has 3 fully saturated rings. The molecule has 3 saturated heterocycles. The van der Waals surface area contributed by atoms with Gasteiger partial charge < -0.3 is 15.2 Å². The molecule has 0 radical (unpaired) electrons. The van der Waals surface area contributed by atoms with Crippen LogP contribution < -0.4 is 10.6 Å². The molecule has 3 aliphatic rings. The number of imidazole rings is 1. The summed E-state index contributed by atoms with van der Waals surface area (Å²) >= 11 is 0. The van der Waals surface area contributed by atoms with E-state index in [2.05, 4.69) is 32.0 Å². The molecular weight excluding hydrogens is 397 g/mol. The smallest absolute Gasteiger partial charge is 0.221 e. The fourth-order valence-electron chi connectivity index (χ4n) is 5.44. The van der Waals surface area contributed by atoms with Crippen molar-refractivity contribution in [3.05, 3.63) is 18.2 Å². The summed E-state index contributed by atoms with van der Waals surface area (Å²) in [6, 6.07) is 1.24. The highest BCUT2D eigenvalue weighted by atomic mass is 35.5. The van der Waals surface area contributed by atoms with Crippen molar-refractivity contribution in [2.24, 2.45) is 11.8 Å². The third-order valence-corrected chi connectivity index (χ3v) is 6.73. The lowest BCUT2D eigenvalue weighted by molar-refractivity contribution is -0.122. The van der Waals surface area contributed by atoms with Crippen LogP contribution in [0, 0.1) is 11.8 Å². The third kappa shape index (κ3) is 5.02. The molecule has 0 spiro atoms. The van der Waals surface area contributed by atoms with Gasteiger partial charge in [0.2, 0.25) is 5.91 Å². The van der Waals surface area contributed by atoms with Gasteiger partial charge in [0.25, 0.3) is 0 Å². The molecule has 8 heteroatoms. The molecule has 1 aromatic heterocycles. The van der Waals surface area contributed by atoms with E-state index in [9.17, 15) is 4.79 Å². The van der Waals surface area contributed by atoms with Crippen molar-refractivity contribution in [2.75, 3.05) is 26.2 Å². The van der Waals surface area contributed by atoms with Crippen LogP contribution in [-0.2, 0) is 17.8 Å². The number of hydrogen-bond donors (Lipinski definition) is 2. The predicted octanol–water partition coefficient (Wildman–Crippen LogP) is 2.26. The van der Waals surface area contributed by atoms with Gasteiger partial charge in [-0.1, -0.05) is 13.3 Å². The summed E-state index contributed by atoms with van der Waals surface area (Å²) in [6.07, 6.45) is 10.6. The first-order chi connectivity index (χ1) is 12.8. The lowest BCUT2D eigenvalue weighted by atomic mass is 9.73. The van der Waals surface area contributed by atoms with Crippen LogP contribution in [0.3, 0.4) is 0 Å². The van der Waals surface area contributed by atoms with E-state index in [1.165, 1.54) is 38.8 Å². The Morgan fingerprint density at radius 1 is 1.29 bits per heavy atom. The summed E-state index contributed by atoms with van der Waals surface area (Å²) in [5.41, 5.74) is 0. The molecule has 0 aliphatic carbocycles. The van der Waals surface area contributed by atoms with Crippen LogP contribution in [0.4, 0.5) is 0 Å². The van der Waals surface area contributed by atoms with E-state index in [-0.39, 0.29) is 30.7 Å². The number of carbonyl (C=O) groups is 1. The molecule has 28 heavy (non-hydrogen) atoms. The summed E-state index contributed by atoms with van der Waals surface area (Å²) in [5.74, 6) is 2.72. The van der Waals surface area contributed by atoms with Gasteiger partial charge in [0.05, 0.1) is 0 Å². The zero-order valence-corrected chi connectivity index (χ0v) is 18.4. The van der Waals surface area contributed by atoms with E-state index >= 15 is 0 Å². The minimum atomic E-state index is 0. The molecule has 3 aliphatic heterocycles. The van der Waals surface area contributed by atoms with Crippen LogP contribution in [0.1, 0.15) is 44.9 Å². The van der Waals surface area contributed by atoms with Crippen molar-refractivity contribution >= 4 is 30.7 Å². The minimum Gasteiger partial charge on any atom is -0.354 e. The van der Waals surface area contributed by atoms with Crippen molar-refractivity contribution in [2.45, 2.75) is 64.1 Å². The van der Waals surface area contributed by atoms with E-state index in [0.29, 0.717) is 18.4 Å². The largest absolute Gasteiger partial charge is 0.354 e. The standard InChI is InChI=1S/C20H33N5O.2ClH/c1-2-19-22-7-10-24(19)9-6-20(26)23-14-18-16-11-15(12-21-13-16)17-5-3-4-8-25(17)18;;/h7,10,15-18,21H,2-6,8-9,11-14H2,1H3,(H,23,26);2*1H/t15-,16+,17+,18+;;/m1../s1. The molecule has 0 aromatic carbocycles. The Kier molecular flexibility index (Phi) is 9.06. The number of amides is 1. The number of piperidine rings is 3. The number of hydrogen-bond acceptors (Lipinski definition) is 4. The Hall–Kier alpha value is -0.820. The van der Waals surface area contributed by atoms with E-state index < -0.39 is 0 Å². The Morgan fingerprint density at radius 3 is 2.93 bits per heavy atom. The van der Waals surface area contributed by atoms with Crippen LogP contribution in [-0.4, -0.2) is 58.6 Å². The number of carbonyl (C=O) groups excluding carboxylic acids is 1. The monoisotopic (exact) mass is 431 g/mol. The van der Waals surface area contributed by atoms with Crippen LogP contribution >= 0.6 is 24.8 Å². The number of fused-ring (bicyclic) bond motifs is 4. The van der Waals surface area contributed by atoms with Gasteiger partial charge >= 0.3 is 0 Å². The molecule has 2 N–H and O–H groups in total. The molecule has 4 atom stereocenters. The second kappa shape index (κ2) is 10.8. The number of aryl methyl sites for hydroxylation is 2. The Bertz CT molecular complexity index is 625. The van der Waals surface area contributed by atoms with Gasteiger partial charge in [-0.3, -0.25) is 9.69 Å². The maximum absolute atomic E-state index is 12.4. The molecule has 4 rings (SSSR count). The lowest BCUT2D eigenvalue weighted by Crippen LogP contribution is -2.65.